The van der Waals surface area contributed by atoms with Gasteiger partial charge in [0.1, 0.15) is 16.8 Å². The van der Waals surface area contributed by atoms with Crippen LogP contribution in [0.4, 0.5) is 10.5 Å². The third-order valence-corrected chi connectivity index (χ3v) is 10.7. The number of anilines is 1. The van der Waals surface area contributed by atoms with Crippen molar-refractivity contribution in [2.45, 2.75) is 16.6 Å². The molecule has 2 aliphatic rings. The van der Waals surface area contributed by atoms with Gasteiger partial charge in [0.25, 0.3) is 0 Å². The average Bonchev–Trinajstić information content (AvgIpc) is 3.73. The number of carboxylic acids is 1. The quantitative estimate of drug-likeness (QED) is 0.183. The summed E-state index contributed by atoms with van der Waals surface area (Å²) in [5.41, 5.74) is -0.559. The summed E-state index contributed by atoms with van der Waals surface area (Å²) in [5.74, 6) is -1.61. The molecule has 0 bridgehead atoms. The van der Waals surface area contributed by atoms with Gasteiger partial charge in [-0.3, -0.25) is 19.3 Å². The first-order chi connectivity index (χ1) is 20.2. The molecule has 2 aliphatic heterocycles. The maximum absolute atomic E-state index is 13.5. The number of carbonyl (C=O) groups excluding carboxylic acids is 3. The highest BCUT2D eigenvalue weighted by Gasteiger charge is 2.59. The third kappa shape index (κ3) is 4.74. The van der Waals surface area contributed by atoms with Gasteiger partial charge in [-0.15, -0.1) is 16.9 Å². The number of hydrogen-bond acceptors (Lipinski definition) is 11. The number of aryl methyl sites for hydroxylation is 1. The van der Waals surface area contributed by atoms with Gasteiger partial charge < -0.3 is 20.3 Å². The molecule has 0 saturated carbocycles. The van der Waals surface area contributed by atoms with Crippen molar-refractivity contribution in [3.05, 3.63) is 51.6 Å². The number of tetrazole rings is 1. The number of amides is 3. The molecule has 3 aromatic heterocycles. The molecule has 2 unspecified atom stereocenters. The van der Waals surface area contributed by atoms with E-state index in [1.54, 1.807) is 48.1 Å². The first-order valence-electron chi connectivity index (χ1n) is 12.5. The smallest absolute Gasteiger partial charge is 0.334 e. The van der Waals surface area contributed by atoms with Crippen molar-refractivity contribution in [2.24, 2.45) is 12.5 Å². The van der Waals surface area contributed by atoms with Gasteiger partial charge >= 0.3 is 17.7 Å². The van der Waals surface area contributed by atoms with Crippen LogP contribution in [-0.2, 0) is 21.4 Å². The molecule has 218 valence electrons. The molecule has 42 heavy (non-hydrogen) atoms. The van der Waals surface area contributed by atoms with Gasteiger partial charge in [0.15, 0.2) is 0 Å². The Morgan fingerprint density at radius 3 is 2.79 bits per heavy atom. The number of β-lactam (4-membered cyclic amide) rings is 1. The van der Waals surface area contributed by atoms with Crippen molar-refractivity contribution in [2.75, 3.05) is 29.5 Å². The minimum Gasteiger partial charge on any atom is -0.481 e. The lowest BCUT2D eigenvalue weighted by Crippen LogP contribution is -2.75. The number of benzene rings is 1. The number of aromatic amines is 1. The van der Waals surface area contributed by atoms with E-state index in [-0.39, 0.29) is 24.0 Å². The van der Waals surface area contributed by atoms with Crippen molar-refractivity contribution in [3.63, 3.8) is 0 Å². The Morgan fingerprint density at radius 2 is 2.07 bits per heavy atom. The van der Waals surface area contributed by atoms with E-state index < -0.39 is 47.0 Å². The monoisotopic (exact) mass is 629 g/mol. The van der Waals surface area contributed by atoms with E-state index in [2.05, 4.69) is 25.8 Å². The number of H-pyrrole nitrogens is 1. The van der Waals surface area contributed by atoms with Crippen molar-refractivity contribution in [1.29, 1.82) is 0 Å². The van der Waals surface area contributed by atoms with E-state index in [0.29, 0.717) is 21.9 Å². The summed E-state index contributed by atoms with van der Waals surface area (Å²) < 4.78 is 2.35. The van der Waals surface area contributed by atoms with E-state index in [1.807, 2.05) is 0 Å². The zero-order valence-electron chi connectivity index (χ0n) is 21.9. The van der Waals surface area contributed by atoms with Crippen LogP contribution >= 0.6 is 34.9 Å². The Hall–Kier alpha value is -4.16. The summed E-state index contributed by atoms with van der Waals surface area (Å²) in [6, 6.07) is 6.70. The number of imidazole rings is 1. The number of hydrogen-bond donors (Lipinski definition) is 3. The molecule has 3 N–H and O–H groups in total. The van der Waals surface area contributed by atoms with Crippen LogP contribution in [0.1, 0.15) is 0 Å². The average molecular weight is 630 g/mol. The molecule has 1 aromatic carbocycles. The van der Waals surface area contributed by atoms with Gasteiger partial charge in [0.05, 0.1) is 23.3 Å². The first kappa shape index (κ1) is 28.0. The molecular weight excluding hydrogens is 607 g/mol. The van der Waals surface area contributed by atoms with Gasteiger partial charge in [-0.05, 0) is 34.0 Å². The molecule has 6 rings (SSSR count). The number of aromatic nitrogens is 6. The highest BCUT2D eigenvalue weighted by atomic mass is 32.2. The summed E-state index contributed by atoms with van der Waals surface area (Å²) in [6.07, 6.45) is 0. The van der Waals surface area contributed by atoms with Crippen LogP contribution < -0.4 is 15.9 Å². The number of thioether (sulfide) groups is 2. The lowest BCUT2D eigenvalue weighted by Gasteiger charge is -2.56. The van der Waals surface area contributed by atoms with Gasteiger partial charge in [0.2, 0.25) is 17.0 Å². The Bertz CT molecular complexity index is 1750. The molecule has 0 radical (unpaired) electrons. The SMILES string of the molecule is Cn1nnnc1SCC1(C(=O)O)CS[C@@H]2C(N(C(=O)CNC(=O)n3c(=O)[nH]c4ccccc43)c3ccsc3)C(=O)N2C1. The molecule has 4 aromatic rings. The summed E-state index contributed by atoms with van der Waals surface area (Å²) in [5, 5.41) is 27.4. The van der Waals surface area contributed by atoms with Crippen LogP contribution in [0.5, 0.6) is 0 Å². The number of nitrogens with one attached hydrogen (secondary N) is 2. The fraction of sp³-hybridized carbons (Fsp3) is 0.333. The number of fused-ring (bicyclic) bond motifs is 2. The zero-order chi connectivity index (χ0) is 29.6. The van der Waals surface area contributed by atoms with Gasteiger partial charge in [0, 0.05) is 30.5 Å². The summed E-state index contributed by atoms with van der Waals surface area (Å²) in [6.45, 7) is -0.497. The molecule has 3 amide bonds. The largest absolute Gasteiger partial charge is 0.481 e. The predicted octanol–water partition coefficient (Wildman–Crippen LogP) is 0.653. The van der Waals surface area contributed by atoms with E-state index in [9.17, 15) is 29.1 Å². The van der Waals surface area contributed by atoms with Crippen molar-refractivity contribution in [1.82, 2.24) is 40.0 Å². The number of aliphatic carboxylic acids is 1. The normalized spacial score (nSPS) is 21.5. The Balaban J connectivity index is 1.18. The number of thiophene rings is 1. The molecule has 18 heteroatoms. The van der Waals surface area contributed by atoms with Crippen LogP contribution in [-0.4, -0.2) is 99.6 Å². The number of carbonyl (C=O) groups is 4. The van der Waals surface area contributed by atoms with Crippen LogP contribution in [0.15, 0.2) is 51.0 Å². The van der Waals surface area contributed by atoms with Gasteiger partial charge in [-0.2, -0.15) is 11.3 Å². The maximum atomic E-state index is 13.5. The topological polar surface area (TPSA) is 188 Å². The minimum atomic E-state index is -1.24. The molecule has 2 saturated heterocycles. The summed E-state index contributed by atoms with van der Waals surface area (Å²) >= 11 is 3.84. The van der Waals surface area contributed by atoms with E-state index >= 15 is 0 Å². The number of nitrogens with zero attached hydrogens (tertiary/aromatic N) is 7. The Labute approximate surface area is 249 Å². The fourth-order valence-corrected chi connectivity index (χ4v) is 8.34. The van der Waals surface area contributed by atoms with Gasteiger partial charge in [-0.25, -0.2) is 18.8 Å². The highest BCUT2D eigenvalue weighted by molar-refractivity contribution is 8.00. The second-order valence-corrected chi connectivity index (χ2v) is 12.6. The summed E-state index contributed by atoms with van der Waals surface area (Å²) in [4.78, 5) is 70.2. The van der Waals surface area contributed by atoms with Gasteiger partial charge in [-0.1, -0.05) is 23.9 Å². The van der Waals surface area contributed by atoms with E-state index in [0.717, 1.165) is 4.57 Å². The molecule has 0 spiro atoms. The van der Waals surface area contributed by atoms with Crippen molar-refractivity contribution < 1.29 is 24.3 Å². The first-order valence-corrected chi connectivity index (χ1v) is 15.5. The zero-order valence-corrected chi connectivity index (χ0v) is 24.3. The second-order valence-electron chi connectivity index (χ2n) is 9.76. The molecule has 3 atom stereocenters. The van der Waals surface area contributed by atoms with E-state index in [4.69, 9.17) is 0 Å². The Kier molecular flexibility index (Phi) is 7.27. The van der Waals surface area contributed by atoms with Crippen LogP contribution in [0, 0.1) is 5.41 Å². The number of carboxylic acid groups (broad SMARTS) is 1. The highest BCUT2D eigenvalue weighted by Crippen LogP contribution is 2.46. The molecule has 0 aliphatic carbocycles. The molecule has 15 nitrogen and oxygen atoms in total. The summed E-state index contributed by atoms with van der Waals surface area (Å²) in [7, 11) is 1.65. The van der Waals surface area contributed by atoms with Crippen LogP contribution in [0.2, 0.25) is 0 Å². The third-order valence-electron chi connectivity index (χ3n) is 7.14. The standard InChI is InChI=1S/C24H23N9O6S3/c1-30-23(27-28-29-30)42-12-24(20(36)37)10-31-18(35)17(19(31)41-11-24)32(13-6-7-40-9-13)16(34)8-25-21(38)33-15-5-3-2-4-14(15)26-22(33)39/h2-7,9,17,19H,8,10-12H2,1H3,(H,25,38)(H,26,39)(H,36,37)/t17?,19-,24?/m1/s1. The van der Waals surface area contributed by atoms with Crippen molar-refractivity contribution in [3.8, 4) is 0 Å². The van der Waals surface area contributed by atoms with Crippen LogP contribution in [0.25, 0.3) is 11.0 Å². The number of rotatable bonds is 8. The number of para-hydroxylation sites is 2. The molecule has 5 heterocycles. The lowest BCUT2D eigenvalue weighted by atomic mass is 9.89. The minimum absolute atomic E-state index is 0.0283. The predicted molar refractivity (Wildman–Crippen MR) is 154 cm³/mol. The van der Waals surface area contributed by atoms with Crippen molar-refractivity contribution >= 4 is 75.4 Å². The fourth-order valence-electron chi connectivity index (χ4n) is 4.96. The Morgan fingerprint density at radius 1 is 1.26 bits per heavy atom. The lowest BCUT2D eigenvalue weighted by molar-refractivity contribution is -0.156. The maximum Gasteiger partial charge on any atom is 0.334 e. The molecular formula is C24H23N9O6S3. The molecule has 2 fully saturated rings. The van der Waals surface area contributed by atoms with Crippen LogP contribution in [0.3, 0.4) is 0 Å². The van der Waals surface area contributed by atoms with E-state index in [1.165, 1.54) is 49.3 Å². The second kappa shape index (κ2) is 10.9.